The topological polar surface area (TPSA) is 145 Å². The maximum absolute atomic E-state index is 12.5. The van der Waals surface area contributed by atoms with E-state index < -0.39 is 0 Å². The van der Waals surface area contributed by atoms with Gasteiger partial charge < -0.3 is 20.3 Å². The molecule has 0 atom stereocenters. The first-order chi connectivity index (χ1) is 27.5. The van der Waals surface area contributed by atoms with E-state index in [1.807, 2.05) is 90.0 Å². The van der Waals surface area contributed by atoms with Gasteiger partial charge in [0.1, 0.15) is 5.75 Å². The van der Waals surface area contributed by atoms with E-state index in [9.17, 15) is 9.59 Å². The Balaban J connectivity index is 0.000000249. The molecule has 2 aromatic carbocycles. The van der Waals surface area contributed by atoms with E-state index in [0.717, 1.165) is 99.9 Å². The standard InChI is InChI=1S/C24H29N3O2.C20H24ClN5O/c28-23(12-11-21-8-6-15-25-19-21)26-16-5-4-7-20-13-17-27(18-14-20)24(29)22-9-2-1-3-10-22;21-18-7-9-19(10-8-18)27-13-4-2-1-3-12-24-20(26-16-22)25-15-17-6-5-11-23-14-17/h1-3,6,8-12,15,19-20H,4-5,7,13-14,16-18H2,(H,26,28);5-11,14H,1-4,12-13,15H2,(H2,24,25,26)/b12-11+;. The van der Waals surface area contributed by atoms with Crippen molar-refractivity contribution in [1.82, 2.24) is 30.8 Å². The van der Waals surface area contributed by atoms with E-state index in [4.69, 9.17) is 21.6 Å². The number of nitriles is 1. The zero-order chi connectivity index (χ0) is 39.5. The van der Waals surface area contributed by atoms with Crippen LogP contribution in [0.25, 0.3) is 6.08 Å². The number of aliphatic imine (C=N–C) groups is 1. The van der Waals surface area contributed by atoms with Crippen molar-refractivity contribution in [3.63, 3.8) is 0 Å². The van der Waals surface area contributed by atoms with Crippen molar-refractivity contribution in [2.75, 3.05) is 32.8 Å². The molecule has 0 radical (unpaired) electrons. The highest BCUT2D eigenvalue weighted by atomic mass is 35.5. The lowest BCUT2D eigenvalue weighted by molar-refractivity contribution is -0.116. The van der Waals surface area contributed by atoms with Crippen LogP contribution in [0.5, 0.6) is 5.75 Å². The first-order valence-corrected chi connectivity index (χ1v) is 19.8. The number of piperidine rings is 1. The highest BCUT2D eigenvalue weighted by molar-refractivity contribution is 6.30. The van der Waals surface area contributed by atoms with Crippen LogP contribution < -0.4 is 20.7 Å². The number of guanidine groups is 1. The number of carbonyl (C=O) groups excluding carboxylic acids is 2. The first-order valence-electron chi connectivity index (χ1n) is 19.4. The van der Waals surface area contributed by atoms with E-state index in [1.165, 1.54) is 0 Å². The molecule has 12 heteroatoms. The Kier molecular flexibility index (Phi) is 20.1. The average molecular weight is 777 g/mol. The molecule has 0 bridgehead atoms. The minimum atomic E-state index is -0.0680. The fourth-order valence-electron chi connectivity index (χ4n) is 6.03. The molecule has 3 heterocycles. The Bertz CT molecular complexity index is 1800. The minimum Gasteiger partial charge on any atom is -0.494 e. The molecule has 4 aromatic rings. The fourth-order valence-corrected chi connectivity index (χ4v) is 6.15. The van der Waals surface area contributed by atoms with Gasteiger partial charge in [-0.2, -0.15) is 5.26 Å². The van der Waals surface area contributed by atoms with Crippen molar-refractivity contribution in [3.05, 3.63) is 131 Å². The monoisotopic (exact) mass is 776 g/mol. The second-order valence-electron chi connectivity index (χ2n) is 13.4. The minimum absolute atomic E-state index is 0.0680. The maximum Gasteiger partial charge on any atom is 0.253 e. The number of rotatable bonds is 18. The van der Waals surface area contributed by atoms with Crippen molar-refractivity contribution in [2.45, 2.75) is 64.3 Å². The summed E-state index contributed by atoms with van der Waals surface area (Å²) >= 11 is 5.84. The van der Waals surface area contributed by atoms with E-state index in [-0.39, 0.29) is 11.8 Å². The Morgan fingerprint density at radius 3 is 2.29 bits per heavy atom. The lowest BCUT2D eigenvalue weighted by Gasteiger charge is -2.32. The summed E-state index contributed by atoms with van der Waals surface area (Å²) in [7, 11) is 0. The summed E-state index contributed by atoms with van der Waals surface area (Å²) in [5, 5.41) is 18.2. The summed E-state index contributed by atoms with van der Waals surface area (Å²) in [5.74, 6) is 2.09. The predicted octanol–water partition coefficient (Wildman–Crippen LogP) is 7.82. The lowest BCUT2D eigenvalue weighted by atomic mass is 9.91. The largest absolute Gasteiger partial charge is 0.494 e. The molecule has 294 valence electrons. The smallest absolute Gasteiger partial charge is 0.253 e. The fraction of sp³-hybridized carbons (Fsp3) is 0.364. The Morgan fingerprint density at radius 1 is 0.857 bits per heavy atom. The molecule has 56 heavy (non-hydrogen) atoms. The van der Waals surface area contributed by atoms with Gasteiger partial charge in [0.2, 0.25) is 11.9 Å². The second-order valence-corrected chi connectivity index (χ2v) is 13.9. The van der Waals surface area contributed by atoms with Crippen molar-refractivity contribution in [2.24, 2.45) is 10.9 Å². The molecule has 0 aliphatic carbocycles. The molecule has 0 unspecified atom stereocenters. The quantitative estimate of drug-likeness (QED) is 0.0232. The summed E-state index contributed by atoms with van der Waals surface area (Å²) in [6.45, 7) is 4.32. The van der Waals surface area contributed by atoms with Gasteiger partial charge in [-0.15, -0.1) is 0 Å². The molecule has 1 fully saturated rings. The summed E-state index contributed by atoms with van der Waals surface area (Å²) in [5.41, 5.74) is 2.69. The summed E-state index contributed by atoms with van der Waals surface area (Å²) in [4.78, 5) is 38.7. The molecule has 11 nitrogen and oxygen atoms in total. The molecule has 1 aliphatic rings. The van der Waals surface area contributed by atoms with Gasteiger partial charge in [0, 0.05) is 67.6 Å². The summed E-state index contributed by atoms with van der Waals surface area (Å²) in [6.07, 6.45) is 21.7. The Labute approximate surface area is 336 Å². The van der Waals surface area contributed by atoms with Gasteiger partial charge in [-0.05, 0) is 104 Å². The normalized spacial score (nSPS) is 12.9. The van der Waals surface area contributed by atoms with Gasteiger partial charge in [-0.1, -0.05) is 67.6 Å². The molecule has 0 saturated carbocycles. The molecule has 0 spiro atoms. The first kappa shape index (κ1) is 43.0. The van der Waals surface area contributed by atoms with E-state index in [2.05, 4.69) is 30.9 Å². The summed E-state index contributed by atoms with van der Waals surface area (Å²) in [6, 6.07) is 24.5. The van der Waals surface area contributed by atoms with Crippen molar-refractivity contribution < 1.29 is 14.3 Å². The average Bonchev–Trinajstić information content (AvgIpc) is 3.24. The molecule has 2 amide bonds. The van der Waals surface area contributed by atoms with Crippen LogP contribution in [0.1, 0.15) is 79.3 Å². The van der Waals surface area contributed by atoms with Gasteiger partial charge in [0.15, 0.2) is 6.19 Å². The number of benzene rings is 2. The maximum atomic E-state index is 12.5. The van der Waals surface area contributed by atoms with Gasteiger partial charge in [0.05, 0.1) is 13.2 Å². The highest BCUT2D eigenvalue weighted by Crippen LogP contribution is 2.23. The molecule has 2 aromatic heterocycles. The molecule has 1 saturated heterocycles. The molecule has 3 N–H and O–H groups in total. The molecular formula is C44H53ClN8O3. The predicted molar refractivity (Wildman–Crippen MR) is 223 cm³/mol. The Morgan fingerprint density at radius 2 is 1.57 bits per heavy atom. The molecule has 1 aliphatic heterocycles. The lowest BCUT2D eigenvalue weighted by Crippen LogP contribution is -2.38. The molecular weight excluding hydrogens is 724 g/mol. The number of halogens is 1. The van der Waals surface area contributed by atoms with Crippen LogP contribution in [-0.4, -0.2) is 65.4 Å². The number of hydrogen-bond donors (Lipinski definition) is 3. The number of unbranched alkanes of at least 4 members (excludes halogenated alkanes) is 4. The number of nitrogens with zero attached hydrogens (tertiary/aromatic N) is 5. The van der Waals surface area contributed by atoms with Gasteiger partial charge in [0.25, 0.3) is 5.91 Å². The van der Waals surface area contributed by atoms with Crippen molar-refractivity contribution >= 4 is 35.5 Å². The van der Waals surface area contributed by atoms with E-state index in [1.54, 1.807) is 36.9 Å². The van der Waals surface area contributed by atoms with Crippen LogP contribution in [0.4, 0.5) is 0 Å². The van der Waals surface area contributed by atoms with Gasteiger partial charge >= 0.3 is 0 Å². The van der Waals surface area contributed by atoms with Crippen molar-refractivity contribution in [1.29, 1.82) is 5.26 Å². The van der Waals surface area contributed by atoms with Crippen LogP contribution >= 0.6 is 11.6 Å². The highest BCUT2D eigenvalue weighted by Gasteiger charge is 2.23. The Hall–Kier alpha value is -5.73. The number of nitrogens with one attached hydrogen (secondary N) is 3. The number of ether oxygens (including phenoxy) is 1. The van der Waals surface area contributed by atoms with Gasteiger partial charge in [-0.25, -0.2) is 4.99 Å². The number of pyridine rings is 2. The SMILES string of the molecule is N#CNC(=NCc1cccnc1)NCCCCCCOc1ccc(Cl)cc1.O=C(/C=C/c1cccnc1)NCCCCC1CCN(C(=O)c2ccccc2)CC1. The van der Waals surface area contributed by atoms with Crippen LogP contribution in [0.2, 0.25) is 5.02 Å². The third-order valence-electron chi connectivity index (χ3n) is 9.14. The third-order valence-corrected chi connectivity index (χ3v) is 9.39. The summed E-state index contributed by atoms with van der Waals surface area (Å²) < 4.78 is 5.67. The number of likely N-dealkylation sites (tertiary alicyclic amines) is 1. The molecule has 5 rings (SSSR count). The van der Waals surface area contributed by atoms with Crippen LogP contribution in [0.15, 0.2) is 115 Å². The van der Waals surface area contributed by atoms with Crippen LogP contribution in [0, 0.1) is 17.4 Å². The van der Waals surface area contributed by atoms with E-state index >= 15 is 0 Å². The van der Waals surface area contributed by atoms with Gasteiger partial charge in [-0.3, -0.25) is 24.9 Å². The van der Waals surface area contributed by atoms with Crippen LogP contribution in [0.3, 0.4) is 0 Å². The number of carbonyl (C=O) groups is 2. The zero-order valence-corrected chi connectivity index (χ0v) is 32.7. The van der Waals surface area contributed by atoms with E-state index in [0.29, 0.717) is 36.6 Å². The number of amides is 2. The second kappa shape index (κ2) is 26.1. The van der Waals surface area contributed by atoms with Crippen LogP contribution in [-0.2, 0) is 11.3 Å². The number of aromatic nitrogens is 2. The number of hydrogen-bond acceptors (Lipinski definition) is 7. The third kappa shape index (κ3) is 17.6. The van der Waals surface area contributed by atoms with Crippen molar-refractivity contribution in [3.8, 4) is 11.9 Å². The zero-order valence-electron chi connectivity index (χ0n) is 32.0.